The monoisotopic (exact) mass is 352 g/mol. The number of fused-ring (bicyclic) bond motifs is 1. The van der Waals surface area contributed by atoms with Crippen molar-refractivity contribution in [3.05, 3.63) is 53.6 Å². The zero-order valence-electron chi connectivity index (χ0n) is 15.1. The van der Waals surface area contributed by atoms with Crippen LogP contribution in [0.1, 0.15) is 15.9 Å². The highest BCUT2D eigenvalue weighted by Gasteiger charge is 2.21. The first-order valence-electron chi connectivity index (χ1n) is 9.16. The smallest absolute Gasteiger partial charge is 0.176 e. The zero-order valence-corrected chi connectivity index (χ0v) is 15.1. The van der Waals surface area contributed by atoms with E-state index in [9.17, 15) is 4.79 Å². The van der Waals surface area contributed by atoms with Crippen LogP contribution >= 0.6 is 0 Å². The predicted molar refractivity (Wildman–Crippen MR) is 102 cm³/mol. The van der Waals surface area contributed by atoms with Crippen LogP contribution in [-0.2, 0) is 0 Å². The van der Waals surface area contributed by atoms with Crippen molar-refractivity contribution in [1.82, 2.24) is 4.90 Å². The molecule has 1 fully saturated rings. The molecule has 0 aromatic heterocycles. The van der Waals surface area contributed by atoms with E-state index in [0.29, 0.717) is 31.1 Å². The lowest BCUT2D eigenvalue weighted by atomic mass is 10.1. The van der Waals surface area contributed by atoms with Crippen molar-refractivity contribution < 1.29 is 14.3 Å². The van der Waals surface area contributed by atoms with Crippen LogP contribution in [0.15, 0.2) is 42.5 Å². The fourth-order valence-corrected chi connectivity index (χ4v) is 3.50. The van der Waals surface area contributed by atoms with E-state index < -0.39 is 0 Å². The number of ether oxygens (including phenoxy) is 2. The summed E-state index contributed by atoms with van der Waals surface area (Å²) in [6.45, 7) is 7.33. The Morgan fingerprint density at radius 2 is 1.73 bits per heavy atom. The molecule has 2 aromatic carbocycles. The average Bonchev–Trinajstić information content (AvgIpc) is 2.68. The van der Waals surface area contributed by atoms with Gasteiger partial charge in [0.1, 0.15) is 13.2 Å². The molecular formula is C21H24N2O3. The molecule has 0 amide bonds. The first kappa shape index (κ1) is 16.9. The first-order valence-corrected chi connectivity index (χ1v) is 9.16. The van der Waals surface area contributed by atoms with Crippen LogP contribution in [0.3, 0.4) is 0 Å². The van der Waals surface area contributed by atoms with E-state index in [1.807, 2.05) is 12.1 Å². The van der Waals surface area contributed by atoms with Crippen molar-refractivity contribution in [1.29, 1.82) is 0 Å². The van der Waals surface area contributed by atoms with Crippen molar-refractivity contribution in [2.24, 2.45) is 0 Å². The van der Waals surface area contributed by atoms with Gasteiger partial charge in [-0.1, -0.05) is 12.1 Å². The Balaban J connectivity index is 1.35. The van der Waals surface area contributed by atoms with Gasteiger partial charge in [-0.2, -0.15) is 0 Å². The molecule has 136 valence electrons. The number of hydrogen-bond donors (Lipinski definition) is 0. The summed E-state index contributed by atoms with van der Waals surface area (Å²) in [7, 11) is 0. The number of Topliss-reactive ketones (excluding diaryl/α,β-unsaturated/α-hetero) is 1. The number of carbonyl (C=O) groups excluding carboxylic acids is 1. The van der Waals surface area contributed by atoms with Crippen molar-refractivity contribution >= 4 is 11.5 Å². The Morgan fingerprint density at radius 1 is 0.962 bits per heavy atom. The average molecular weight is 352 g/mol. The Hall–Kier alpha value is -2.53. The van der Waals surface area contributed by atoms with Gasteiger partial charge in [-0.05, 0) is 42.8 Å². The van der Waals surface area contributed by atoms with Gasteiger partial charge in [-0.15, -0.1) is 0 Å². The van der Waals surface area contributed by atoms with Crippen LogP contribution in [0.2, 0.25) is 0 Å². The van der Waals surface area contributed by atoms with Gasteiger partial charge in [0.05, 0.1) is 6.54 Å². The maximum Gasteiger partial charge on any atom is 0.176 e. The second-order valence-electron chi connectivity index (χ2n) is 6.88. The minimum atomic E-state index is 0.131. The highest BCUT2D eigenvalue weighted by atomic mass is 16.6. The lowest BCUT2D eigenvalue weighted by molar-refractivity contribution is 0.0925. The van der Waals surface area contributed by atoms with E-state index in [4.69, 9.17) is 9.47 Å². The van der Waals surface area contributed by atoms with Crippen LogP contribution in [0.25, 0.3) is 0 Å². The summed E-state index contributed by atoms with van der Waals surface area (Å²) in [5.41, 5.74) is 3.23. The molecule has 26 heavy (non-hydrogen) atoms. The van der Waals surface area contributed by atoms with E-state index in [1.54, 1.807) is 6.07 Å². The molecule has 0 bridgehead atoms. The molecule has 0 atom stereocenters. The molecule has 2 aliphatic heterocycles. The molecule has 2 aromatic rings. The molecule has 0 aliphatic carbocycles. The Kier molecular flexibility index (Phi) is 4.80. The van der Waals surface area contributed by atoms with Gasteiger partial charge in [0, 0.05) is 37.4 Å². The summed E-state index contributed by atoms with van der Waals surface area (Å²) in [5.74, 6) is 1.52. The summed E-state index contributed by atoms with van der Waals surface area (Å²) in [5, 5.41) is 0. The standard InChI is InChI=1S/C21H24N2O3/c1-16-3-2-4-18(13-16)23-9-7-22(8-10-23)15-19(24)17-5-6-20-21(14-17)26-12-11-25-20/h2-6,13-14H,7-12,15H2,1H3. The quantitative estimate of drug-likeness (QED) is 0.792. The SMILES string of the molecule is Cc1cccc(N2CCN(CC(=O)c3ccc4c(c3)OCCO4)CC2)c1. The molecule has 0 spiro atoms. The number of benzene rings is 2. The van der Waals surface area contributed by atoms with Gasteiger partial charge in [-0.25, -0.2) is 0 Å². The molecule has 0 N–H and O–H groups in total. The molecule has 1 saturated heterocycles. The number of rotatable bonds is 4. The van der Waals surface area contributed by atoms with Crippen molar-refractivity contribution in [3.8, 4) is 11.5 Å². The molecular weight excluding hydrogens is 328 g/mol. The topological polar surface area (TPSA) is 42.0 Å². The fourth-order valence-electron chi connectivity index (χ4n) is 3.50. The summed E-state index contributed by atoms with van der Waals surface area (Å²) >= 11 is 0. The second-order valence-corrected chi connectivity index (χ2v) is 6.88. The zero-order chi connectivity index (χ0) is 17.9. The number of aryl methyl sites for hydroxylation is 1. The lowest BCUT2D eigenvalue weighted by Crippen LogP contribution is -2.48. The molecule has 2 heterocycles. The number of anilines is 1. The highest BCUT2D eigenvalue weighted by Crippen LogP contribution is 2.31. The van der Waals surface area contributed by atoms with Gasteiger partial charge in [0.15, 0.2) is 17.3 Å². The molecule has 5 heteroatoms. The molecule has 0 saturated carbocycles. The van der Waals surface area contributed by atoms with Gasteiger partial charge < -0.3 is 14.4 Å². The third kappa shape index (κ3) is 3.68. The lowest BCUT2D eigenvalue weighted by Gasteiger charge is -2.36. The third-order valence-corrected chi connectivity index (χ3v) is 4.97. The minimum absolute atomic E-state index is 0.131. The fraction of sp³-hybridized carbons (Fsp3) is 0.381. The maximum atomic E-state index is 12.6. The number of carbonyl (C=O) groups is 1. The van der Waals surface area contributed by atoms with Gasteiger partial charge in [0.25, 0.3) is 0 Å². The van der Waals surface area contributed by atoms with E-state index in [-0.39, 0.29) is 5.78 Å². The van der Waals surface area contributed by atoms with Crippen molar-refractivity contribution in [2.45, 2.75) is 6.92 Å². The maximum absolute atomic E-state index is 12.6. The number of piperazine rings is 1. The van der Waals surface area contributed by atoms with E-state index in [1.165, 1.54) is 11.3 Å². The Morgan fingerprint density at radius 3 is 2.50 bits per heavy atom. The number of ketones is 1. The predicted octanol–water partition coefficient (Wildman–Crippen LogP) is 2.77. The third-order valence-electron chi connectivity index (χ3n) is 4.97. The molecule has 0 radical (unpaired) electrons. The largest absolute Gasteiger partial charge is 0.486 e. The normalized spacial score (nSPS) is 17.2. The molecule has 2 aliphatic rings. The van der Waals surface area contributed by atoms with Crippen molar-refractivity contribution in [3.63, 3.8) is 0 Å². The van der Waals surface area contributed by atoms with Crippen LogP contribution in [0.4, 0.5) is 5.69 Å². The van der Waals surface area contributed by atoms with E-state index >= 15 is 0 Å². The van der Waals surface area contributed by atoms with E-state index in [0.717, 1.165) is 31.9 Å². The van der Waals surface area contributed by atoms with Gasteiger partial charge in [-0.3, -0.25) is 9.69 Å². The Bertz CT molecular complexity index is 798. The second kappa shape index (κ2) is 7.38. The summed E-state index contributed by atoms with van der Waals surface area (Å²) in [6.07, 6.45) is 0. The molecule has 5 nitrogen and oxygen atoms in total. The van der Waals surface area contributed by atoms with E-state index in [2.05, 4.69) is 41.0 Å². The van der Waals surface area contributed by atoms with Crippen LogP contribution in [0.5, 0.6) is 11.5 Å². The van der Waals surface area contributed by atoms with Crippen molar-refractivity contribution in [2.75, 3.05) is 50.8 Å². The Labute approximate surface area is 154 Å². The summed E-state index contributed by atoms with van der Waals surface area (Å²) in [4.78, 5) is 17.3. The highest BCUT2D eigenvalue weighted by molar-refractivity contribution is 5.98. The first-order chi connectivity index (χ1) is 12.7. The molecule has 0 unspecified atom stereocenters. The number of hydrogen-bond acceptors (Lipinski definition) is 5. The van der Waals surface area contributed by atoms with Crippen LogP contribution in [0, 0.1) is 6.92 Å². The molecule has 4 rings (SSSR count). The van der Waals surface area contributed by atoms with Crippen LogP contribution < -0.4 is 14.4 Å². The summed E-state index contributed by atoms with van der Waals surface area (Å²) < 4.78 is 11.1. The number of nitrogens with zero attached hydrogens (tertiary/aromatic N) is 2. The minimum Gasteiger partial charge on any atom is -0.486 e. The van der Waals surface area contributed by atoms with Crippen LogP contribution in [-0.4, -0.2) is 56.6 Å². The summed E-state index contributed by atoms with van der Waals surface area (Å²) in [6, 6.07) is 14.1. The van der Waals surface area contributed by atoms with Gasteiger partial charge >= 0.3 is 0 Å². The van der Waals surface area contributed by atoms with Gasteiger partial charge in [0.2, 0.25) is 0 Å².